The van der Waals surface area contributed by atoms with Gasteiger partial charge in [0.25, 0.3) is 5.91 Å². The predicted octanol–water partition coefficient (Wildman–Crippen LogP) is 7.26. The van der Waals surface area contributed by atoms with E-state index in [1.165, 1.54) is 10.4 Å². The molecule has 6 heterocycles. The fraction of sp³-hybridized carbons (Fsp3) is 0.381. The van der Waals surface area contributed by atoms with Crippen LogP contribution in [0.4, 0.5) is 5.82 Å². The van der Waals surface area contributed by atoms with Crippen LogP contribution in [0, 0.1) is 49.9 Å². The van der Waals surface area contributed by atoms with Crippen molar-refractivity contribution in [2.24, 2.45) is 10.9 Å². The standard InChI is InChI=1S/C42H41ClN10O2S/c1-24-26(3)56-42-38(24)39(46-25(2)40-51-48-27(4)53(40)42)35-14-7-29(23-45-35)6-5-28-17-19-52(20-18-28)37-16-15-36(49-50-37)41(54)47-31-9-12-32(13-10-31)55-33-11-8-30(22-44)34(43)21-33/h7-8,11,14-16,21,23,25,28,31-32H,9-10,12-13,17-20H2,1-4H3,(H,47,54). The number of aryl methyl sites for hydroxylation is 2. The van der Waals surface area contributed by atoms with Gasteiger partial charge in [-0.1, -0.05) is 23.4 Å². The molecule has 1 unspecified atom stereocenters. The van der Waals surface area contributed by atoms with Crippen LogP contribution in [0.25, 0.3) is 5.00 Å². The highest BCUT2D eigenvalue weighted by molar-refractivity contribution is 7.15. The number of benzene rings is 1. The van der Waals surface area contributed by atoms with Gasteiger partial charge in [0.05, 0.1) is 28.1 Å². The van der Waals surface area contributed by atoms with Crippen LogP contribution in [0.15, 0.2) is 53.7 Å². The Labute approximate surface area is 335 Å². The molecule has 2 aliphatic heterocycles. The summed E-state index contributed by atoms with van der Waals surface area (Å²) in [4.78, 5) is 26.4. The molecule has 4 aromatic heterocycles. The van der Waals surface area contributed by atoms with Crippen molar-refractivity contribution >= 4 is 40.4 Å². The summed E-state index contributed by atoms with van der Waals surface area (Å²) >= 11 is 7.89. The molecule has 1 atom stereocenters. The van der Waals surface area contributed by atoms with Gasteiger partial charge >= 0.3 is 0 Å². The van der Waals surface area contributed by atoms with Crippen molar-refractivity contribution in [3.8, 4) is 28.7 Å². The fourth-order valence-corrected chi connectivity index (χ4v) is 8.98. The number of thiophene rings is 1. The van der Waals surface area contributed by atoms with Gasteiger partial charge in [0.15, 0.2) is 17.3 Å². The van der Waals surface area contributed by atoms with E-state index in [0.717, 1.165) is 96.6 Å². The fourth-order valence-electron chi connectivity index (χ4n) is 7.55. The van der Waals surface area contributed by atoms with E-state index in [9.17, 15) is 4.79 Å². The molecule has 0 spiro atoms. The lowest BCUT2D eigenvalue weighted by Gasteiger charge is -2.30. The maximum atomic E-state index is 13.0. The number of amides is 1. The summed E-state index contributed by atoms with van der Waals surface area (Å²) < 4.78 is 8.22. The zero-order valence-electron chi connectivity index (χ0n) is 31.7. The molecule has 1 amide bonds. The highest BCUT2D eigenvalue weighted by Crippen LogP contribution is 2.38. The predicted molar refractivity (Wildman–Crippen MR) is 216 cm³/mol. The molecular weight excluding hydrogens is 744 g/mol. The summed E-state index contributed by atoms with van der Waals surface area (Å²) in [6, 6.07) is 14.7. The van der Waals surface area contributed by atoms with Crippen LogP contribution < -0.4 is 15.0 Å². The van der Waals surface area contributed by atoms with Crippen molar-refractivity contribution in [2.75, 3.05) is 18.0 Å². The first-order valence-corrected chi connectivity index (χ1v) is 20.2. The van der Waals surface area contributed by atoms with E-state index in [-0.39, 0.29) is 30.0 Å². The van der Waals surface area contributed by atoms with Crippen LogP contribution in [-0.4, -0.2) is 66.8 Å². The molecule has 1 N–H and O–H groups in total. The number of pyridine rings is 1. The van der Waals surface area contributed by atoms with Crippen LogP contribution in [0.5, 0.6) is 5.75 Å². The van der Waals surface area contributed by atoms with Gasteiger partial charge in [-0.25, -0.2) is 0 Å². The minimum Gasteiger partial charge on any atom is -0.490 e. The Morgan fingerprint density at radius 1 is 0.982 bits per heavy atom. The number of hydrogen-bond donors (Lipinski definition) is 1. The van der Waals surface area contributed by atoms with Gasteiger partial charge in [0.1, 0.15) is 28.7 Å². The number of carbonyl (C=O) groups excluding carboxylic acids is 1. The number of carbonyl (C=O) groups is 1. The zero-order valence-corrected chi connectivity index (χ0v) is 33.3. The van der Waals surface area contributed by atoms with E-state index in [0.29, 0.717) is 22.0 Å². The Hall–Kier alpha value is -5.63. The summed E-state index contributed by atoms with van der Waals surface area (Å²) in [7, 11) is 0. The van der Waals surface area contributed by atoms with Crippen molar-refractivity contribution in [2.45, 2.75) is 84.4 Å². The average molecular weight is 785 g/mol. The normalized spacial score (nSPS) is 19.4. The maximum Gasteiger partial charge on any atom is 0.272 e. The van der Waals surface area contributed by atoms with E-state index in [4.69, 9.17) is 31.6 Å². The lowest BCUT2D eigenvalue weighted by Crippen LogP contribution is -2.40. The molecule has 14 heteroatoms. The van der Waals surface area contributed by atoms with Crippen LogP contribution in [-0.2, 0) is 0 Å². The third-order valence-corrected chi connectivity index (χ3v) is 12.4. The molecule has 0 radical (unpaired) electrons. The summed E-state index contributed by atoms with van der Waals surface area (Å²) in [5, 5.41) is 31.2. The second-order valence-electron chi connectivity index (χ2n) is 14.6. The van der Waals surface area contributed by atoms with Crippen molar-refractivity contribution in [3.63, 3.8) is 0 Å². The highest BCUT2D eigenvalue weighted by Gasteiger charge is 2.30. The molecule has 12 nitrogen and oxygen atoms in total. The van der Waals surface area contributed by atoms with E-state index in [2.05, 4.69) is 73.9 Å². The Morgan fingerprint density at radius 3 is 2.48 bits per heavy atom. The molecule has 8 rings (SSSR count). The number of aliphatic imine (C=N–C) groups is 1. The minimum absolute atomic E-state index is 0.0293. The monoisotopic (exact) mass is 784 g/mol. The number of aromatic nitrogens is 6. The van der Waals surface area contributed by atoms with Crippen LogP contribution >= 0.6 is 22.9 Å². The largest absolute Gasteiger partial charge is 0.490 e. The number of anilines is 1. The topological polar surface area (TPSA) is 147 Å². The number of piperidine rings is 1. The molecule has 284 valence electrons. The first kappa shape index (κ1) is 37.3. The second kappa shape index (κ2) is 15.8. The molecule has 1 aromatic carbocycles. The van der Waals surface area contributed by atoms with Crippen molar-refractivity contribution in [1.82, 2.24) is 35.3 Å². The lowest BCUT2D eigenvalue weighted by atomic mass is 9.93. The van der Waals surface area contributed by atoms with Crippen LogP contribution in [0.1, 0.15) is 106 Å². The number of ether oxygens (including phenoxy) is 1. The SMILES string of the molecule is Cc1sc2c(c1C)C(c1ccc(C#CC3CCN(c4ccc(C(=O)NC5CCC(Oc6ccc(C#N)c(Cl)c6)CC5)nn4)CC3)cn1)=NC(C)c1nnc(C)n1-2. The number of hydrogen-bond acceptors (Lipinski definition) is 11. The van der Waals surface area contributed by atoms with E-state index in [1.54, 1.807) is 35.6 Å². The van der Waals surface area contributed by atoms with E-state index >= 15 is 0 Å². The summed E-state index contributed by atoms with van der Waals surface area (Å²) in [6.45, 7) is 9.93. The van der Waals surface area contributed by atoms with E-state index in [1.807, 2.05) is 31.3 Å². The van der Waals surface area contributed by atoms with Gasteiger partial charge in [-0.15, -0.1) is 31.7 Å². The van der Waals surface area contributed by atoms with Gasteiger partial charge < -0.3 is 15.0 Å². The van der Waals surface area contributed by atoms with Gasteiger partial charge in [-0.2, -0.15) is 5.26 Å². The van der Waals surface area contributed by atoms with Crippen LogP contribution in [0.2, 0.25) is 5.02 Å². The maximum absolute atomic E-state index is 13.0. The third kappa shape index (κ3) is 7.62. The molecule has 0 bridgehead atoms. The average Bonchev–Trinajstić information content (AvgIpc) is 3.70. The van der Waals surface area contributed by atoms with Crippen molar-refractivity contribution in [1.29, 1.82) is 5.26 Å². The smallest absolute Gasteiger partial charge is 0.272 e. The lowest BCUT2D eigenvalue weighted by molar-refractivity contribution is 0.0888. The number of fused-ring (bicyclic) bond motifs is 3. The number of nitriles is 1. The molecule has 56 heavy (non-hydrogen) atoms. The molecule has 3 aliphatic rings. The van der Waals surface area contributed by atoms with Gasteiger partial charge in [0.2, 0.25) is 0 Å². The molecule has 5 aromatic rings. The Morgan fingerprint density at radius 2 is 1.79 bits per heavy atom. The second-order valence-corrected chi connectivity index (χ2v) is 16.2. The first-order valence-electron chi connectivity index (χ1n) is 19.0. The Balaban J connectivity index is 0.824. The van der Waals surface area contributed by atoms with Crippen molar-refractivity contribution < 1.29 is 9.53 Å². The molecule has 1 saturated heterocycles. The quantitative estimate of drug-likeness (QED) is 0.176. The summed E-state index contributed by atoms with van der Waals surface area (Å²) in [5.74, 6) is 9.98. The van der Waals surface area contributed by atoms with Gasteiger partial charge in [-0.05, 0) is 108 Å². The van der Waals surface area contributed by atoms with Crippen LogP contribution in [0.3, 0.4) is 0 Å². The number of rotatable bonds is 6. The Kier molecular flexibility index (Phi) is 10.6. The van der Waals surface area contributed by atoms with Crippen molar-refractivity contribution in [3.05, 3.63) is 104 Å². The number of nitrogens with zero attached hydrogens (tertiary/aromatic N) is 9. The molecular formula is C42H41ClN10O2S. The van der Waals surface area contributed by atoms with Gasteiger partial charge in [-0.3, -0.25) is 19.3 Å². The minimum atomic E-state index is -0.220. The number of nitrogens with one attached hydrogen (secondary N) is 1. The third-order valence-electron chi connectivity index (χ3n) is 10.9. The molecule has 1 aliphatic carbocycles. The highest BCUT2D eigenvalue weighted by atomic mass is 35.5. The number of halogens is 1. The Bertz CT molecular complexity index is 2410. The first-order chi connectivity index (χ1) is 27.1. The zero-order chi connectivity index (χ0) is 38.9. The summed E-state index contributed by atoms with van der Waals surface area (Å²) in [5.41, 5.74) is 5.59. The van der Waals surface area contributed by atoms with E-state index < -0.39 is 0 Å². The molecule has 1 saturated carbocycles. The van der Waals surface area contributed by atoms with Gasteiger partial charge in [0, 0.05) is 53.3 Å². The molecule has 2 fully saturated rings. The summed E-state index contributed by atoms with van der Waals surface area (Å²) in [6.07, 6.45) is 6.88.